The predicted octanol–water partition coefficient (Wildman–Crippen LogP) is 3.33. The van der Waals surface area contributed by atoms with Crippen molar-refractivity contribution in [2.45, 2.75) is 52.1 Å². The number of fused-ring (bicyclic) bond motifs is 1. The summed E-state index contributed by atoms with van der Waals surface area (Å²) in [5.74, 6) is 0.515. The second-order valence-electron chi connectivity index (χ2n) is 7.33. The van der Waals surface area contributed by atoms with E-state index >= 15 is 0 Å². The summed E-state index contributed by atoms with van der Waals surface area (Å²) in [6.45, 7) is 5.67. The highest BCUT2D eigenvalue weighted by Gasteiger charge is 2.39. The molecule has 142 valence electrons. The van der Waals surface area contributed by atoms with Gasteiger partial charge < -0.3 is 19.5 Å². The summed E-state index contributed by atoms with van der Waals surface area (Å²) in [6.07, 6.45) is 1.86. The first-order valence-electron chi connectivity index (χ1n) is 9.30. The number of Topliss-reactive ketones (excluding diaryl/α,β-unsaturated/α-hetero) is 1. The van der Waals surface area contributed by atoms with Crippen molar-refractivity contribution in [3.63, 3.8) is 0 Å². The molecule has 0 saturated carbocycles. The third kappa shape index (κ3) is 3.09. The van der Waals surface area contributed by atoms with Crippen LogP contribution < -0.4 is 14.8 Å². The number of rotatable bonds is 3. The maximum absolute atomic E-state index is 12.9. The fraction of sp³-hybridized carbons (Fsp3) is 0.429. The quantitative estimate of drug-likeness (QED) is 0.824. The van der Waals surface area contributed by atoms with Crippen LogP contribution in [0.1, 0.15) is 51.5 Å². The predicted molar refractivity (Wildman–Crippen MR) is 98.3 cm³/mol. The Bertz CT molecular complexity index is 881. The van der Waals surface area contributed by atoms with Crippen molar-refractivity contribution in [3.8, 4) is 11.5 Å². The van der Waals surface area contributed by atoms with E-state index in [4.69, 9.17) is 14.2 Å². The van der Waals surface area contributed by atoms with Crippen LogP contribution in [0, 0.1) is 0 Å². The molecule has 1 aromatic rings. The summed E-state index contributed by atoms with van der Waals surface area (Å²) >= 11 is 0. The lowest BCUT2D eigenvalue weighted by Gasteiger charge is -2.34. The van der Waals surface area contributed by atoms with E-state index in [1.54, 1.807) is 0 Å². The van der Waals surface area contributed by atoms with Crippen LogP contribution >= 0.6 is 0 Å². The lowest BCUT2D eigenvalue weighted by molar-refractivity contribution is -0.143. The molecule has 0 radical (unpaired) electrons. The van der Waals surface area contributed by atoms with Crippen molar-refractivity contribution in [1.29, 1.82) is 0 Å². The number of benzene rings is 1. The number of ether oxygens (including phenoxy) is 3. The number of allylic oxidation sites excluding steroid dienone is 3. The van der Waals surface area contributed by atoms with Crippen LogP contribution in [0.3, 0.4) is 0 Å². The molecule has 0 spiro atoms. The molecule has 6 heteroatoms. The maximum Gasteiger partial charge on any atom is 0.337 e. The van der Waals surface area contributed by atoms with E-state index in [9.17, 15) is 9.59 Å². The molecule has 0 amide bonds. The van der Waals surface area contributed by atoms with E-state index in [1.165, 1.54) is 0 Å². The second-order valence-corrected chi connectivity index (χ2v) is 7.33. The summed E-state index contributed by atoms with van der Waals surface area (Å²) in [5, 5.41) is 3.29. The first-order valence-corrected chi connectivity index (χ1v) is 9.30. The zero-order valence-corrected chi connectivity index (χ0v) is 15.8. The molecule has 1 N–H and O–H groups in total. The van der Waals surface area contributed by atoms with Gasteiger partial charge in [-0.25, -0.2) is 4.79 Å². The number of carbonyl (C=O) groups excluding carboxylic acids is 2. The minimum atomic E-state index is -0.463. The Balaban J connectivity index is 1.84. The highest BCUT2D eigenvalue weighted by atomic mass is 16.7. The van der Waals surface area contributed by atoms with Crippen molar-refractivity contribution in [2.24, 2.45) is 0 Å². The minimum absolute atomic E-state index is 0.0776. The number of ketones is 1. The summed E-state index contributed by atoms with van der Waals surface area (Å²) in [4.78, 5) is 25.7. The van der Waals surface area contributed by atoms with Gasteiger partial charge in [-0.15, -0.1) is 0 Å². The Morgan fingerprint density at radius 2 is 2.00 bits per heavy atom. The molecule has 0 fully saturated rings. The van der Waals surface area contributed by atoms with E-state index in [-0.39, 0.29) is 18.7 Å². The largest absolute Gasteiger partial charge is 0.460 e. The molecule has 2 heterocycles. The van der Waals surface area contributed by atoms with Gasteiger partial charge in [-0.1, -0.05) is 6.07 Å². The zero-order chi connectivity index (χ0) is 19.1. The molecule has 0 bridgehead atoms. The van der Waals surface area contributed by atoms with E-state index in [0.29, 0.717) is 29.1 Å². The molecule has 27 heavy (non-hydrogen) atoms. The van der Waals surface area contributed by atoms with Gasteiger partial charge in [0, 0.05) is 29.3 Å². The molecule has 1 aliphatic carbocycles. The maximum atomic E-state index is 12.9. The first-order chi connectivity index (χ1) is 13.0. The van der Waals surface area contributed by atoms with Crippen molar-refractivity contribution in [3.05, 3.63) is 46.3 Å². The van der Waals surface area contributed by atoms with Crippen LogP contribution in [0.15, 0.2) is 40.7 Å². The van der Waals surface area contributed by atoms with Gasteiger partial charge in [0.1, 0.15) is 0 Å². The normalized spacial score (nSPS) is 21.3. The van der Waals surface area contributed by atoms with Crippen molar-refractivity contribution >= 4 is 11.8 Å². The highest BCUT2D eigenvalue weighted by molar-refractivity contribution is 6.03. The molecule has 1 aromatic carbocycles. The molecule has 0 aromatic heterocycles. The topological polar surface area (TPSA) is 73.9 Å². The average molecular weight is 369 g/mol. The molecular weight excluding hydrogens is 346 g/mol. The number of hydrogen-bond donors (Lipinski definition) is 1. The third-order valence-electron chi connectivity index (χ3n) is 5.07. The highest BCUT2D eigenvalue weighted by Crippen LogP contribution is 2.45. The molecule has 4 rings (SSSR count). The van der Waals surface area contributed by atoms with E-state index < -0.39 is 11.9 Å². The van der Waals surface area contributed by atoms with Gasteiger partial charge in [0.05, 0.1) is 11.7 Å². The van der Waals surface area contributed by atoms with Crippen LogP contribution in [0.2, 0.25) is 0 Å². The second kappa shape index (κ2) is 6.76. The van der Waals surface area contributed by atoms with Crippen molar-refractivity contribution in [1.82, 2.24) is 5.32 Å². The average Bonchev–Trinajstić information content (AvgIpc) is 3.07. The zero-order valence-electron chi connectivity index (χ0n) is 15.8. The van der Waals surface area contributed by atoms with E-state index in [0.717, 1.165) is 29.8 Å². The van der Waals surface area contributed by atoms with Gasteiger partial charge in [0.2, 0.25) is 6.79 Å². The Kier molecular flexibility index (Phi) is 4.42. The molecule has 2 aliphatic heterocycles. The first kappa shape index (κ1) is 17.6. The summed E-state index contributed by atoms with van der Waals surface area (Å²) in [6, 6.07) is 5.58. The Hall–Kier alpha value is -2.76. The number of hydrogen-bond acceptors (Lipinski definition) is 6. The van der Waals surface area contributed by atoms with Gasteiger partial charge in [-0.05, 0) is 51.3 Å². The molecule has 6 nitrogen and oxygen atoms in total. The van der Waals surface area contributed by atoms with Crippen LogP contribution in [-0.4, -0.2) is 24.6 Å². The van der Waals surface area contributed by atoms with Crippen molar-refractivity contribution in [2.75, 3.05) is 6.79 Å². The van der Waals surface area contributed by atoms with Crippen LogP contribution in [-0.2, 0) is 14.3 Å². The monoisotopic (exact) mass is 369 g/mol. The Morgan fingerprint density at radius 3 is 2.78 bits per heavy atom. The summed E-state index contributed by atoms with van der Waals surface area (Å²) < 4.78 is 16.4. The van der Waals surface area contributed by atoms with Gasteiger partial charge in [-0.2, -0.15) is 0 Å². The molecule has 0 unspecified atom stereocenters. The van der Waals surface area contributed by atoms with Crippen LogP contribution in [0.25, 0.3) is 0 Å². The number of nitrogens with one attached hydrogen (secondary N) is 1. The number of carbonyl (C=O) groups is 2. The van der Waals surface area contributed by atoms with Gasteiger partial charge in [-0.3, -0.25) is 4.79 Å². The van der Waals surface area contributed by atoms with Crippen LogP contribution in [0.5, 0.6) is 11.5 Å². The smallest absolute Gasteiger partial charge is 0.337 e. The number of dihydropyridines is 1. The Morgan fingerprint density at radius 1 is 1.22 bits per heavy atom. The summed E-state index contributed by atoms with van der Waals surface area (Å²) in [5.41, 5.74) is 3.63. The van der Waals surface area contributed by atoms with Gasteiger partial charge in [0.15, 0.2) is 17.3 Å². The molecule has 0 saturated heterocycles. The SMILES string of the molecule is CC1=C(C(=O)OC(C)C)[C@H](c2ccc3c(c2)OCO3)C2=C(CCCC2=O)N1. The standard InChI is InChI=1S/C21H23NO5/c1-11(2)27-21(24)18-12(3)22-14-5-4-6-15(23)20(14)19(18)13-7-8-16-17(9-13)26-10-25-16/h7-9,11,19,22H,4-6,10H2,1-3H3/t19-/m0/s1. The van der Waals surface area contributed by atoms with Gasteiger partial charge in [0.25, 0.3) is 0 Å². The van der Waals surface area contributed by atoms with Crippen LogP contribution in [0.4, 0.5) is 0 Å². The third-order valence-corrected chi connectivity index (χ3v) is 5.07. The van der Waals surface area contributed by atoms with Crippen molar-refractivity contribution < 1.29 is 23.8 Å². The fourth-order valence-corrected chi connectivity index (χ4v) is 3.96. The number of esters is 1. The molecular formula is C21H23NO5. The van der Waals surface area contributed by atoms with Gasteiger partial charge >= 0.3 is 5.97 Å². The Labute approximate surface area is 158 Å². The summed E-state index contributed by atoms with van der Waals surface area (Å²) in [7, 11) is 0. The molecule has 1 atom stereocenters. The lowest BCUT2D eigenvalue weighted by Crippen LogP contribution is -2.34. The van der Waals surface area contributed by atoms with E-state index in [1.807, 2.05) is 39.0 Å². The lowest BCUT2D eigenvalue weighted by atomic mass is 9.75. The minimum Gasteiger partial charge on any atom is -0.460 e. The molecule has 3 aliphatic rings. The van der Waals surface area contributed by atoms with E-state index in [2.05, 4.69) is 5.32 Å². The fourth-order valence-electron chi connectivity index (χ4n) is 3.96.